The molecule has 0 spiro atoms. The number of ether oxygens (including phenoxy) is 1. The molecule has 37 heavy (non-hydrogen) atoms. The van der Waals surface area contributed by atoms with Gasteiger partial charge in [0.2, 0.25) is 0 Å². The van der Waals surface area contributed by atoms with Gasteiger partial charge in [-0.15, -0.1) is 11.3 Å². The van der Waals surface area contributed by atoms with Crippen LogP contribution in [0.25, 0.3) is 16.6 Å². The van der Waals surface area contributed by atoms with Crippen molar-refractivity contribution in [2.24, 2.45) is 0 Å². The molecule has 6 nitrogen and oxygen atoms in total. The summed E-state index contributed by atoms with van der Waals surface area (Å²) in [6.45, 7) is 6.55. The van der Waals surface area contributed by atoms with E-state index in [2.05, 4.69) is 35.2 Å². The van der Waals surface area contributed by atoms with Crippen LogP contribution in [0, 0.1) is 19.7 Å². The third kappa shape index (κ3) is 4.27. The highest BCUT2D eigenvalue weighted by molar-refractivity contribution is 7.13. The Morgan fingerprint density at radius 1 is 1.05 bits per heavy atom. The molecule has 3 aromatic carbocycles. The van der Waals surface area contributed by atoms with Crippen LogP contribution in [0.2, 0.25) is 0 Å². The van der Waals surface area contributed by atoms with E-state index in [-0.39, 0.29) is 23.9 Å². The second-order valence-corrected chi connectivity index (χ2v) is 10.7. The molecule has 2 atom stereocenters. The van der Waals surface area contributed by atoms with Crippen LogP contribution in [0.3, 0.4) is 0 Å². The molecular weight excluding hydrogens is 487 g/mol. The molecule has 5 aromatic rings. The number of carbonyl (C=O) groups is 1. The van der Waals surface area contributed by atoms with Gasteiger partial charge in [-0.3, -0.25) is 4.79 Å². The Kier molecular flexibility index (Phi) is 5.76. The SMILES string of the molecule is Cc1ccc2c(c1)[C@@H](Oc1ccc3c(cnn3-c3ccc(F)cc3)c1)[C@H](C)N(C(=O)c1ncc(C)s1)C2. The second-order valence-electron chi connectivity index (χ2n) is 9.44. The van der Waals surface area contributed by atoms with Crippen molar-refractivity contribution in [1.82, 2.24) is 19.7 Å². The predicted octanol–water partition coefficient (Wildman–Crippen LogP) is 6.40. The van der Waals surface area contributed by atoms with E-state index in [4.69, 9.17) is 4.74 Å². The molecule has 1 amide bonds. The summed E-state index contributed by atoms with van der Waals surface area (Å²) in [5, 5.41) is 5.89. The third-order valence-corrected chi connectivity index (χ3v) is 7.72. The fraction of sp³-hybridized carbons (Fsp3) is 0.207. The van der Waals surface area contributed by atoms with Crippen LogP contribution < -0.4 is 4.74 Å². The Balaban J connectivity index is 1.34. The molecule has 0 N–H and O–H groups in total. The maximum Gasteiger partial charge on any atom is 0.283 e. The van der Waals surface area contributed by atoms with Crippen LogP contribution in [0.15, 0.2) is 73.1 Å². The number of fused-ring (bicyclic) bond motifs is 2. The Labute approximate surface area is 218 Å². The number of hydrogen-bond donors (Lipinski definition) is 0. The number of amides is 1. The molecule has 6 rings (SSSR count). The zero-order valence-electron chi connectivity index (χ0n) is 20.7. The minimum atomic E-state index is -0.349. The van der Waals surface area contributed by atoms with E-state index >= 15 is 0 Å². The number of aryl methyl sites for hydroxylation is 2. The molecule has 0 saturated carbocycles. The average molecular weight is 513 g/mol. The fourth-order valence-electron chi connectivity index (χ4n) is 4.89. The molecule has 0 bridgehead atoms. The number of rotatable bonds is 4. The number of thiazole rings is 1. The van der Waals surface area contributed by atoms with Crippen molar-refractivity contribution in [2.45, 2.75) is 39.5 Å². The first kappa shape index (κ1) is 23.4. The van der Waals surface area contributed by atoms with E-state index in [0.717, 1.165) is 38.2 Å². The van der Waals surface area contributed by atoms with Crippen molar-refractivity contribution < 1.29 is 13.9 Å². The molecule has 0 radical (unpaired) electrons. The standard InChI is InChI=1S/C29H25FN4O2S/c1-17-4-5-20-16-33(29(35)28-31-14-18(2)37-28)19(3)27(25(20)12-17)36-24-10-11-26-21(13-24)15-32-34(26)23-8-6-22(30)7-9-23/h4-15,19,27H,16H2,1-3H3/t19-,27-/m0/s1. The smallest absolute Gasteiger partial charge is 0.283 e. The van der Waals surface area contributed by atoms with E-state index in [0.29, 0.717) is 17.3 Å². The highest BCUT2D eigenvalue weighted by atomic mass is 32.1. The maximum atomic E-state index is 13.4. The van der Waals surface area contributed by atoms with Gasteiger partial charge in [0.15, 0.2) is 5.01 Å². The van der Waals surface area contributed by atoms with Gasteiger partial charge in [0.1, 0.15) is 17.7 Å². The summed E-state index contributed by atoms with van der Waals surface area (Å²) in [4.78, 5) is 20.6. The molecule has 0 saturated heterocycles. The van der Waals surface area contributed by atoms with Crippen molar-refractivity contribution >= 4 is 28.1 Å². The maximum absolute atomic E-state index is 13.4. The fourth-order valence-corrected chi connectivity index (χ4v) is 5.61. The van der Waals surface area contributed by atoms with Crippen LogP contribution in [-0.4, -0.2) is 31.6 Å². The zero-order valence-corrected chi connectivity index (χ0v) is 21.5. The lowest BCUT2D eigenvalue weighted by atomic mass is 9.90. The van der Waals surface area contributed by atoms with E-state index in [1.165, 1.54) is 23.5 Å². The summed E-state index contributed by atoms with van der Waals surface area (Å²) < 4.78 is 21.8. The molecule has 1 aliphatic heterocycles. The van der Waals surface area contributed by atoms with Gasteiger partial charge in [-0.05, 0) is 74.4 Å². The molecular formula is C29H25FN4O2S. The average Bonchev–Trinajstić information content (AvgIpc) is 3.52. The first-order valence-corrected chi connectivity index (χ1v) is 12.9. The summed E-state index contributed by atoms with van der Waals surface area (Å²) in [6, 6.07) is 18.2. The van der Waals surface area contributed by atoms with Gasteiger partial charge in [0, 0.05) is 23.0 Å². The summed E-state index contributed by atoms with van der Waals surface area (Å²) in [6.07, 6.45) is 3.16. The Morgan fingerprint density at radius 2 is 1.86 bits per heavy atom. The summed E-state index contributed by atoms with van der Waals surface area (Å²) >= 11 is 1.41. The van der Waals surface area contributed by atoms with E-state index in [1.54, 1.807) is 29.2 Å². The summed E-state index contributed by atoms with van der Waals surface area (Å²) in [7, 11) is 0. The number of nitrogens with zero attached hydrogens (tertiary/aromatic N) is 4. The second kappa shape index (κ2) is 9.12. The Morgan fingerprint density at radius 3 is 2.62 bits per heavy atom. The van der Waals surface area contributed by atoms with E-state index in [9.17, 15) is 9.18 Å². The van der Waals surface area contributed by atoms with Crippen molar-refractivity contribution in [3.8, 4) is 11.4 Å². The number of hydrogen-bond acceptors (Lipinski definition) is 5. The molecule has 0 fully saturated rings. The van der Waals surface area contributed by atoms with Gasteiger partial charge in [-0.25, -0.2) is 14.1 Å². The van der Waals surface area contributed by atoms with E-state index in [1.807, 2.05) is 36.9 Å². The number of carbonyl (C=O) groups excluding carboxylic acids is 1. The lowest BCUT2D eigenvalue weighted by molar-refractivity contribution is 0.0375. The molecule has 2 aromatic heterocycles. The Hall–Kier alpha value is -4.04. The third-order valence-electron chi connectivity index (χ3n) is 6.82. The van der Waals surface area contributed by atoms with Crippen LogP contribution in [0.5, 0.6) is 5.75 Å². The summed E-state index contributed by atoms with van der Waals surface area (Å²) in [5.74, 6) is 0.321. The first-order chi connectivity index (χ1) is 17.9. The van der Waals surface area contributed by atoms with Crippen molar-refractivity contribution in [3.63, 3.8) is 0 Å². The largest absolute Gasteiger partial charge is 0.484 e. The van der Waals surface area contributed by atoms with Gasteiger partial charge in [0.05, 0.1) is 23.4 Å². The van der Waals surface area contributed by atoms with Crippen LogP contribution in [0.4, 0.5) is 4.39 Å². The normalized spacial score (nSPS) is 17.1. The van der Waals surface area contributed by atoms with Gasteiger partial charge in [0.25, 0.3) is 5.91 Å². The zero-order chi connectivity index (χ0) is 25.7. The Bertz CT molecular complexity index is 1630. The topological polar surface area (TPSA) is 60.2 Å². The van der Waals surface area contributed by atoms with Gasteiger partial charge < -0.3 is 9.64 Å². The van der Waals surface area contributed by atoms with Crippen molar-refractivity contribution in [2.75, 3.05) is 0 Å². The monoisotopic (exact) mass is 512 g/mol. The van der Waals surface area contributed by atoms with Crippen LogP contribution in [0.1, 0.15) is 44.4 Å². The number of halogens is 1. The minimum absolute atomic E-state index is 0.0820. The first-order valence-electron chi connectivity index (χ1n) is 12.1. The highest BCUT2D eigenvalue weighted by Crippen LogP contribution is 2.37. The molecule has 0 unspecified atom stereocenters. The lowest BCUT2D eigenvalue weighted by Crippen LogP contribution is -2.46. The lowest BCUT2D eigenvalue weighted by Gasteiger charge is -2.40. The minimum Gasteiger partial charge on any atom is -0.484 e. The molecule has 8 heteroatoms. The number of benzene rings is 3. The number of aromatic nitrogens is 3. The quantitative estimate of drug-likeness (QED) is 0.280. The van der Waals surface area contributed by atoms with Crippen LogP contribution in [-0.2, 0) is 6.54 Å². The predicted molar refractivity (Wildman–Crippen MR) is 142 cm³/mol. The van der Waals surface area contributed by atoms with E-state index < -0.39 is 0 Å². The molecule has 3 heterocycles. The highest BCUT2D eigenvalue weighted by Gasteiger charge is 2.37. The van der Waals surface area contributed by atoms with Gasteiger partial charge in [-0.2, -0.15) is 5.10 Å². The van der Waals surface area contributed by atoms with Gasteiger partial charge >= 0.3 is 0 Å². The van der Waals surface area contributed by atoms with Crippen molar-refractivity contribution in [1.29, 1.82) is 0 Å². The van der Waals surface area contributed by atoms with Crippen molar-refractivity contribution in [3.05, 3.63) is 105 Å². The van der Waals surface area contributed by atoms with Crippen LogP contribution >= 0.6 is 11.3 Å². The summed E-state index contributed by atoms with van der Waals surface area (Å²) in [5.41, 5.74) is 4.98. The molecule has 0 aliphatic carbocycles. The molecule has 186 valence electrons. The molecule has 1 aliphatic rings. The van der Waals surface area contributed by atoms with Gasteiger partial charge in [-0.1, -0.05) is 23.8 Å².